The molecule has 6 heteroatoms. The average Bonchev–Trinajstić information content (AvgIpc) is 2.39. The number of nitrogens with zero attached hydrogens (tertiary/aromatic N) is 1. The van der Waals surface area contributed by atoms with Gasteiger partial charge in [-0.1, -0.05) is 23.2 Å². The molecular formula is C14H11Cl2FN2O. The molecule has 2 rings (SSSR count). The highest BCUT2D eigenvalue weighted by Gasteiger charge is 2.15. The SMILES string of the molecule is C[C@@H](NC(=O)c1ccc(F)cc1Cl)c1ccc(Cl)cn1. The van der Waals surface area contributed by atoms with Gasteiger partial charge in [0.25, 0.3) is 5.91 Å². The first-order valence-corrected chi connectivity index (χ1v) is 6.60. The molecule has 0 unspecified atom stereocenters. The number of rotatable bonds is 3. The first-order chi connectivity index (χ1) is 9.47. The second-order valence-corrected chi connectivity index (χ2v) is 5.06. The lowest BCUT2D eigenvalue weighted by Crippen LogP contribution is -2.27. The molecule has 0 radical (unpaired) electrons. The molecular weight excluding hydrogens is 302 g/mol. The summed E-state index contributed by atoms with van der Waals surface area (Å²) in [6.07, 6.45) is 1.50. The summed E-state index contributed by atoms with van der Waals surface area (Å²) in [6.45, 7) is 1.78. The average molecular weight is 313 g/mol. The standard InChI is InChI=1S/C14H11Cl2FN2O/c1-8(13-5-2-9(15)7-18-13)19-14(20)11-4-3-10(17)6-12(11)16/h2-8H,1H3,(H,19,20)/t8-/m1/s1. The van der Waals surface area contributed by atoms with Gasteiger partial charge in [0.05, 0.1) is 27.3 Å². The highest BCUT2D eigenvalue weighted by molar-refractivity contribution is 6.33. The number of carbonyl (C=O) groups is 1. The molecule has 20 heavy (non-hydrogen) atoms. The van der Waals surface area contributed by atoms with Crippen LogP contribution in [0.25, 0.3) is 0 Å². The largest absolute Gasteiger partial charge is 0.344 e. The highest BCUT2D eigenvalue weighted by atomic mass is 35.5. The van der Waals surface area contributed by atoms with Gasteiger partial charge in [0, 0.05) is 6.20 Å². The normalized spacial score (nSPS) is 12.0. The number of amides is 1. The third-order valence-electron chi connectivity index (χ3n) is 2.72. The Hall–Kier alpha value is -1.65. The number of carbonyl (C=O) groups excluding carboxylic acids is 1. The predicted octanol–water partition coefficient (Wildman–Crippen LogP) is 4.02. The fourth-order valence-electron chi connectivity index (χ4n) is 1.67. The van der Waals surface area contributed by atoms with Crippen LogP contribution < -0.4 is 5.32 Å². The van der Waals surface area contributed by atoms with Crippen molar-refractivity contribution in [3.05, 3.63) is 63.6 Å². The van der Waals surface area contributed by atoms with E-state index in [2.05, 4.69) is 10.3 Å². The number of pyridine rings is 1. The fraction of sp³-hybridized carbons (Fsp3) is 0.143. The first kappa shape index (κ1) is 14.8. The van der Waals surface area contributed by atoms with E-state index in [0.717, 1.165) is 6.07 Å². The van der Waals surface area contributed by atoms with Crippen molar-refractivity contribution < 1.29 is 9.18 Å². The van der Waals surface area contributed by atoms with Crippen LogP contribution in [0.1, 0.15) is 29.0 Å². The number of nitrogens with one attached hydrogen (secondary N) is 1. The third kappa shape index (κ3) is 3.46. The van der Waals surface area contributed by atoms with E-state index in [1.807, 2.05) is 0 Å². The predicted molar refractivity (Wildman–Crippen MR) is 76.5 cm³/mol. The van der Waals surface area contributed by atoms with Gasteiger partial charge >= 0.3 is 0 Å². The minimum Gasteiger partial charge on any atom is -0.344 e. The summed E-state index contributed by atoms with van der Waals surface area (Å²) in [5.41, 5.74) is 0.884. The molecule has 0 saturated heterocycles. The maximum atomic E-state index is 12.9. The quantitative estimate of drug-likeness (QED) is 0.930. The van der Waals surface area contributed by atoms with Gasteiger partial charge in [-0.05, 0) is 37.3 Å². The maximum absolute atomic E-state index is 12.9. The molecule has 2 aromatic rings. The summed E-state index contributed by atoms with van der Waals surface area (Å²) >= 11 is 11.6. The van der Waals surface area contributed by atoms with Crippen molar-refractivity contribution in [1.82, 2.24) is 10.3 Å². The van der Waals surface area contributed by atoms with Crippen LogP contribution in [-0.4, -0.2) is 10.9 Å². The molecule has 0 aliphatic rings. The molecule has 1 atom stereocenters. The van der Waals surface area contributed by atoms with Crippen LogP contribution in [0.15, 0.2) is 36.5 Å². The molecule has 1 amide bonds. The minimum absolute atomic E-state index is 0.0683. The van der Waals surface area contributed by atoms with Gasteiger partial charge in [-0.15, -0.1) is 0 Å². The number of halogens is 3. The topological polar surface area (TPSA) is 42.0 Å². The smallest absolute Gasteiger partial charge is 0.253 e. The molecule has 0 bridgehead atoms. The zero-order chi connectivity index (χ0) is 14.7. The van der Waals surface area contributed by atoms with Crippen LogP contribution >= 0.6 is 23.2 Å². The second kappa shape index (κ2) is 6.20. The number of hydrogen-bond acceptors (Lipinski definition) is 2. The van der Waals surface area contributed by atoms with Gasteiger partial charge in [-0.3, -0.25) is 9.78 Å². The van der Waals surface area contributed by atoms with Gasteiger partial charge in [0.15, 0.2) is 0 Å². The van der Waals surface area contributed by atoms with E-state index >= 15 is 0 Å². The molecule has 104 valence electrons. The molecule has 1 heterocycles. The zero-order valence-electron chi connectivity index (χ0n) is 10.5. The van der Waals surface area contributed by atoms with Crippen LogP contribution in [-0.2, 0) is 0 Å². The molecule has 0 aliphatic carbocycles. The van der Waals surface area contributed by atoms with Crippen molar-refractivity contribution in [1.29, 1.82) is 0 Å². The molecule has 3 nitrogen and oxygen atoms in total. The van der Waals surface area contributed by atoms with Crippen molar-refractivity contribution in [2.24, 2.45) is 0 Å². The Balaban J connectivity index is 2.13. The van der Waals surface area contributed by atoms with Gasteiger partial charge in [-0.25, -0.2) is 4.39 Å². The maximum Gasteiger partial charge on any atom is 0.253 e. The molecule has 1 aromatic heterocycles. The Morgan fingerprint density at radius 1 is 1.30 bits per heavy atom. The van der Waals surface area contributed by atoms with E-state index in [4.69, 9.17) is 23.2 Å². The lowest BCUT2D eigenvalue weighted by Gasteiger charge is -2.14. The first-order valence-electron chi connectivity index (χ1n) is 5.84. The van der Waals surface area contributed by atoms with E-state index < -0.39 is 5.82 Å². The second-order valence-electron chi connectivity index (χ2n) is 4.22. The molecule has 0 saturated carbocycles. The number of aromatic nitrogens is 1. The van der Waals surface area contributed by atoms with Gasteiger partial charge in [0.2, 0.25) is 0 Å². The lowest BCUT2D eigenvalue weighted by molar-refractivity contribution is 0.0939. The molecule has 0 fully saturated rings. The van der Waals surface area contributed by atoms with Crippen LogP contribution in [0.4, 0.5) is 4.39 Å². The fourth-order valence-corrected chi connectivity index (χ4v) is 2.03. The van der Waals surface area contributed by atoms with Gasteiger partial charge in [-0.2, -0.15) is 0 Å². The van der Waals surface area contributed by atoms with Crippen LogP contribution in [0.5, 0.6) is 0 Å². The summed E-state index contributed by atoms with van der Waals surface area (Å²) in [5.74, 6) is -0.877. The van der Waals surface area contributed by atoms with E-state index in [1.165, 1.54) is 18.3 Å². The Kier molecular flexibility index (Phi) is 4.57. The molecule has 1 N–H and O–H groups in total. The van der Waals surface area contributed by atoms with Crippen molar-refractivity contribution in [2.75, 3.05) is 0 Å². The van der Waals surface area contributed by atoms with Gasteiger partial charge < -0.3 is 5.32 Å². The third-order valence-corrected chi connectivity index (χ3v) is 3.25. The minimum atomic E-state index is -0.487. The monoisotopic (exact) mass is 312 g/mol. The van der Waals surface area contributed by atoms with Gasteiger partial charge in [0.1, 0.15) is 5.82 Å². The molecule has 0 spiro atoms. The van der Waals surface area contributed by atoms with Crippen LogP contribution in [0, 0.1) is 5.82 Å². The Bertz CT molecular complexity index is 632. The Morgan fingerprint density at radius 3 is 2.65 bits per heavy atom. The summed E-state index contributed by atoms with van der Waals surface area (Å²) in [5, 5.41) is 3.33. The highest BCUT2D eigenvalue weighted by Crippen LogP contribution is 2.19. The Labute approximate surface area is 125 Å². The van der Waals surface area contributed by atoms with E-state index in [9.17, 15) is 9.18 Å². The summed E-state index contributed by atoms with van der Waals surface area (Å²) in [7, 11) is 0. The number of benzene rings is 1. The molecule has 1 aromatic carbocycles. The van der Waals surface area contributed by atoms with Crippen molar-refractivity contribution in [3.63, 3.8) is 0 Å². The zero-order valence-corrected chi connectivity index (χ0v) is 12.0. The lowest BCUT2D eigenvalue weighted by atomic mass is 10.1. The van der Waals surface area contributed by atoms with Crippen LogP contribution in [0.2, 0.25) is 10.0 Å². The van der Waals surface area contributed by atoms with Crippen molar-refractivity contribution in [2.45, 2.75) is 13.0 Å². The van der Waals surface area contributed by atoms with E-state index in [0.29, 0.717) is 10.7 Å². The van der Waals surface area contributed by atoms with Crippen molar-refractivity contribution >= 4 is 29.1 Å². The van der Waals surface area contributed by atoms with Crippen LogP contribution in [0.3, 0.4) is 0 Å². The summed E-state index contributed by atoms with van der Waals surface area (Å²) in [6, 6.07) is 6.72. The summed E-state index contributed by atoms with van der Waals surface area (Å²) < 4.78 is 12.9. The molecule has 0 aliphatic heterocycles. The van der Waals surface area contributed by atoms with Crippen molar-refractivity contribution in [3.8, 4) is 0 Å². The van der Waals surface area contributed by atoms with E-state index in [-0.39, 0.29) is 22.5 Å². The number of hydrogen-bond donors (Lipinski definition) is 1. The summed E-state index contributed by atoms with van der Waals surface area (Å²) in [4.78, 5) is 16.2. The Morgan fingerprint density at radius 2 is 2.05 bits per heavy atom. The van der Waals surface area contributed by atoms with E-state index in [1.54, 1.807) is 19.1 Å².